The van der Waals surface area contributed by atoms with Crippen molar-refractivity contribution in [2.45, 2.75) is 27.2 Å². The molecule has 0 radical (unpaired) electrons. The molecule has 1 fully saturated rings. The molecule has 1 N–H and O–H groups in total. The number of hydrogen-bond acceptors (Lipinski definition) is 2. The Balaban J connectivity index is 2.35. The molecule has 0 amide bonds. The Morgan fingerprint density at radius 2 is 1.89 bits per heavy atom. The van der Waals surface area contributed by atoms with Crippen LogP contribution in [0.15, 0.2) is 18.2 Å². The number of rotatable bonds is 2. The third-order valence-corrected chi connectivity index (χ3v) is 3.59. The zero-order valence-electron chi connectivity index (χ0n) is 11.3. The van der Waals surface area contributed by atoms with Gasteiger partial charge < -0.3 is 10.0 Å². The zero-order valence-corrected chi connectivity index (χ0v) is 11.3. The summed E-state index contributed by atoms with van der Waals surface area (Å²) in [6, 6.07) is 5.71. The third-order valence-electron chi connectivity index (χ3n) is 3.59. The normalized spacial score (nSPS) is 24.1. The monoisotopic (exact) mass is 247 g/mol. The Morgan fingerprint density at radius 3 is 2.44 bits per heavy atom. The summed E-state index contributed by atoms with van der Waals surface area (Å²) in [5, 5.41) is 9.33. The second-order valence-electron chi connectivity index (χ2n) is 5.68. The SMILES string of the molecule is Cc1ccc(N2CC(C)CC(C)C2)c(C(=O)O)c1. The van der Waals surface area contributed by atoms with E-state index in [0.29, 0.717) is 17.4 Å². The van der Waals surface area contributed by atoms with E-state index in [2.05, 4.69) is 18.7 Å². The standard InChI is InChI=1S/C15H21NO2/c1-10-4-5-14(13(7-10)15(17)18)16-8-11(2)6-12(3)9-16/h4-5,7,11-12H,6,8-9H2,1-3H3,(H,17,18). The van der Waals surface area contributed by atoms with Crippen molar-refractivity contribution in [3.8, 4) is 0 Å². The van der Waals surface area contributed by atoms with E-state index in [1.165, 1.54) is 6.42 Å². The number of aryl methyl sites for hydroxylation is 1. The van der Waals surface area contributed by atoms with E-state index in [0.717, 1.165) is 24.3 Å². The first kappa shape index (κ1) is 12.9. The fourth-order valence-electron chi connectivity index (χ4n) is 2.96. The van der Waals surface area contributed by atoms with E-state index in [9.17, 15) is 9.90 Å². The van der Waals surface area contributed by atoms with Gasteiger partial charge in [-0.2, -0.15) is 0 Å². The fourth-order valence-corrected chi connectivity index (χ4v) is 2.96. The topological polar surface area (TPSA) is 40.5 Å². The quantitative estimate of drug-likeness (QED) is 0.872. The molecule has 0 aromatic heterocycles. The van der Waals surface area contributed by atoms with Gasteiger partial charge in [0.1, 0.15) is 0 Å². The number of hydrogen-bond donors (Lipinski definition) is 1. The summed E-state index contributed by atoms with van der Waals surface area (Å²) in [5.74, 6) is 0.410. The molecule has 1 aromatic rings. The smallest absolute Gasteiger partial charge is 0.337 e. The molecule has 1 heterocycles. The minimum absolute atomic E-state index is 0.427. The van der Waals surface area contributed by atoms with Crippen molar-refractivity contribution in [1.29, 1.82) is 0 Å². The number of anilines is 1. The van der Waals surface area contributed by atoms with Crippen LogP contribution in [-0.2, 0) is 0 Å². The predicted octanol–water partition coefficient (Wildman–Crippen LogP) is 3.18. The van der Waals surface area contributed by atoms with E-state index in [-0.39, 0.29) is 0 Å². The van der Waals surface area contributed by atoms with Crippen LogP contribution in [0.3, 0.4) is 0 Å². The van der Waals surface area contributed by atoms with Crippen LogP contribution >= 0.6 is 0 Å². The molecule has 18 heavy (non-hydrogen) atoms. The van der Waals surface area contributed by atoms with Crippen LogP contribution in [0.25, 0.3) is 0 Å². The van der Waals surface area contributed by atoms with Crippen LogP contribution < -0.4 is 4.90 Å². The first-order valence-corrected chi connectivity index (χ1v) is 6.56. The van der Waals surface area contributed by atoms with Crippen LogP contribution in [0, 0.1) is 18.8 Å². The highest BCUT2D eigenvalue weighted by molar-refractivity contribution is 5.94. The summed E-state index contributed by atoms with van der Waals surface area (Å²) in [6.07, 6.45) is 1.23. The van der Waals surface area contributed by atoms with Gasteiger partial charge in [0.25, 0.3) is 0 Å². The molecular formula is C15H21NO2. The minimum Gasteiger partial charge on any atom is -0.478 e. The molecule has 0 bridgehead atoms. The number of nitrogens with zero attached hydrogens (tertiary/aromatic N) is 1. The van der Waals surface area contributed by atoms with Crippen LogP contribution in [0.4, 0.5) is 5.69 Å². The first-order valence-electron chi connectivity index (χ1n) is 6.56. The highest BCUT2D eigenvalue weighted by Gasteiger charge is 2.24. The van der Waals surface area contributed by atoms with Gasteiger partial charge in [0.05, 0.1) is 11.3 Å². The summed E-state index contributed by atoms with van der Waals surface area (Å²) < 4.78 is 0. The van der Waals surface area contributed by atoms with Gasteiger partial charge in [-0.05, 0) is 37.3 Å². The van der Waals surface area contributed by atoms with Gasteiger partial charge in [0.15, 0.2) is 0 Å². The van der Waals surface area contributed by atoms with Crippen LogP contribution in [-0.4, -0.2) is 24.2 Å². The van der Waals surface area contributed by atoms with Crippen LogP contribution in [0.1, 0.15) is 36.2 Å². The van der Waals surface area contributed by atoms with Crippen molar-refractivity contribution < 1.29 is 9.90 Å². The number of carbonyl (C=O) groups is 1. The largest absolute Gasteiger partial charge is 0.478 e. The van der Waals surface area contributed by atoms with E-state index in [4.69, 9.17) is 0 Å². The Bertz CT molecular complexity index is 446. The molecule has 98 valence electrons. The summed E-state index contributed by atoms with van der Waals surface area (Å²) in [6.45, 7) is 8.30. The maximum atomic E-state index is 11.4. The fraction of sp³-hybridized carbons (Fsp3) is 0.533. The number of carboxylic acids is 1. The molecular weight excluding hydrogens is 226 g/mol. The summed E-state index contributed by atoms with van der Waals surface area (Å²) in [4.78, 5) is 13.6. The summed E-state index contributed by atoms with van der Waals surface area (Å²) in [7, 11) is 0. The lowest BCUT2D eigenvalue weighted by atomic mass is 9.91. The van der Waals surface area contributed by atoms with E-state index >= 15 is 0 Å². The van der Waals surface area contributed by atoms with Crippen molar-refractivity contribution >= 4 is 11.7 Å². The van der Waals surface area contributed by atoms with Crippen molar-refractivity contribution in [3.63, 3.8) is 0 Å². The molecule has 2 atom stereocenters. The molecule has 1 aromatic carbocycles. The molecule has 3 heteroatoms. The second kappa shape index (κ2) is 5.01. The lowest BCUT2D eigenvalue weighted by Crippen LogP contribution is -2.39. The maximum Gasteiger partial charge on any atom is 0.337 e. The van der Waals surface area contributed by atoms with E-state index < -0.39 is 5.97 Å². The molecule has 1 aliphatic rings. The second-order valence-corrected chi connectivity index (χ2v) is 5.68. The first-order chi connectivity index (χ1) is 8.47. The average Bonchev–Trinajstić information content (AvgIpc) is 2.27. The Hall–Kier alpha value is -1.51. The van der Waals surface area contributed by atoms with Gasteiger partial charge in [0, 0.05) is 13.1 Å². The van der Waals surface area contributed by atoms with Crippen molar-refractivity contribution in [2.24, 2.45) is 11.8 Å². The van der Waals surface area contributed by atoms with Crippen molar-refractivity contribution in [1.82, 2.24) is 0 Å². The van der Waals surface area contributed by atoms with Crippen molar-refractivity contribution in [2.75, 3.05) is 18.0 Å². The van der Waals surface area contributed by atoms with Gasteiger partial charge in [0.2, 0.25) is 0 Å². The molecule has 0 aliphatic carbocycles. The number of carboxylic acid groups (broad SMARTS) is 1. The highest BCUT2D eigenvalue weighted by atomic mass is 16.4. The molecule has 2 rings (SSSR count). The van der Waals surface area contributed by atoms with E-state index in [1.54, 1.807) is 6.07 Å². The van der Waals surface area contributed by atoms with Crippen molar-refractivity contribution in [3.05, 3.63) is 29.3 Å². The van der Waals surface area contributed by atoms with Gasteiger partial charge in [-0.1, -0.05) is 25.5 Å². The van der Waals surface area contributed by atoms with Crippen LogP contribution in [0.2, 0.25) is 0 Å². The van der Waals surface area contributed by atoms with Crippen LogP contribution in [0.5, 0.6) is 0 Å². The van der Waals surface area contributed by atoms with Gasteiger partial charge in [-0.25, -0.2) is 4.79 Å². The molecule has 2 unspecified atom stereocenters. The Labute approximate surface area is 108 Å². The minimum atomic E-state index is -0.834. The Morgan fingerprint density at radius 1 is 1.28 bits per heavy atom. The molecule has 0 saturated carbocycles. The van der Waals surface area contributed by atoms with Gasteiger partial charge in [-0.3, -0.25) is 0 Å². The number of benzene rings is 1. The summed E-state index contributed by atoms with van der Waals surface area (Å²) in [5.41, 5.74) is 2.29. The molecule has 1 saturated heterocycles. The maximum absolute atomic E-state index is 11.4. The zero-order chi connectivity index (χ0) is 13.3. The molecule has 3 nitrogen and oxygen atoms in total. The Kier molecular flexibility index (Phi) is 3.60. The van der Waals surface area contributed by atoms with E-state index in [1.807, 2.05) is 19.1 Å². The lowest BCUT2D eigenvalue weighted by molar-refractivity contribution is 0.0697. The summed E-state index contributed by atoms with van der Waals surface area (Å²) >= 11 is 0. The molecule has 0 spiro atoms. The predicted molar refractivity (Wildman–Crippen MR) is 73.3 cm³/mol. The van der Waals surface area contributed by atoms with Gasteiger partial charge >= 0.3 is 5.97 Å². The molecule has 1 aliphatic heterocycles. The van der Waals surface area contributed by atoms with Gasteiger partial charge in [-0.15, -0.1) is 0 Å². The third kappa shape index (κ3) is 2.66. The number of piperidine rings is 1. The highest BCUT2D eigenvalue weighted by Crippen LogP contribution is 2.29. The lowest BCUT2D eigenvalue weighted by Gasteiger charge is -2.37. The number of aromatic carboxylic acids is 1. The average molecular weight is 247 g/mol.